The Balaban J connectivity index is 1.02. The lowest BCUT2D eigenvalue weighted by atomic mass is 9.66. The van der Waals surface area contributed by atoms with Gasteiger partial charge in [0.05, 0.1) is 11.1 Å². The van der Waals surface area contributed by atoms with Crippen LogP contribution in [0.4, 0.5) is 34.1 Å². The van der Waals surface area contributed by atoms with Crippen molar-refractivity contribution in [2.24, 2.45) is 0 Å². The van der Waals surface area contributed by atoms with E-state index in [1.165, 1.54) is 55.6 Å². The van der Waals surface area contributed by atoms with Gasteiger partial charge in [-0.1, -0.05) is 184 Å². The molecule has 1 atom stereocenters. The van der Waals surface area contributed by atoms with Crippen LogP contribution in [0.2, 0.25) is 0 Å². The van der Waals surface area contributed by atoms with Gasteiger partial charge in [0.15, 0.2) is 0 Å². The maximum atomic E-state index is 7.16. The van der Waals surface area contributed by atoms with Crippen LogP contribution in [-0.4, -0.2) is 0 Å². The lowest BCUT2D eigenvalue weighted by Crippen LogP contribution is -2.32. The first-order valence-electron chi connectivity index (χ1n) is 23.3. The molecule has 3 heteroatoms. The van der Waals surface area contributed by atoms with Crippen LogP contribution in [0.5, 0.6) is 11.5 Å². The van der Waals surface area contributed by atoms with E-state index in [0.717, 1.165) is 56.8 Å². The summed E-state index contributed by atoms with van der Waals surface area (Å²) < 4.78 is 7.16. The van der Waals surface area contributed by atoms with Crippen LogP contribution >= 0.6 is 0 Å². The van der Waals surface area contributed by atoms with Crippen molar-refractivity contribution in [3.05, 3.63) is 276 Å². The van der Waals surface area contributed by atoms with E-state index in [1.807, 2.05) is 0 Å². The zero-order chi connectivity index (χ0) is 44.7. The molecule has 0 saturated carbocycles. The normalized spacial score (nSPS) is 15.3. The maximum absolute atomic E-state index is 7.16. The summed E-state index contributed by atoms with van der Waals surface area (Å²) in [5, 5.41) is 0. The van der Waals surface area contributed by atoms with Gasteiger partial charge < -0.3 is 14.5 Å². The van der Waals surface area contributed by atoms with E-state index >= 15 is 0 Å². The number of para-hydroxylation sites is 3. The van der Waals surface area contributed by atoms with Gasteiger partial charge in [0.25, 0.3) is 0 Å². The number of hydrogen-bond donors (Lipinski definition) is 0. The molecule has 0 bridgehead atoms. The Morgan fingerprint density at radius 2 is 0.821 bits per heavy atom. The zero-order valence-corrected chi connectivity index (χ0v) is 37.4. The van der Waals surface area contributed by atoms with Gasteiger partial charge in [-0.25, -0.2) is 0 Å². The average Bonchev–Trinajstić information content (AvgIpc) is 3.81. The van der Waals surface area contributed by atoms with Gasteiger partial charge in [-0.05, 0) is 117 Å². The molecule has 0 saturated heterocycles. The second kappa shape index (κ2) is 15.1. The SMILES string of the molecule is CC1(C)c2ccccc2-c2ccc(N(c3ccc(-c4ccccc4)cc3)c3ccc4c(c3)Oc3ccccc3C43c4ccccc4-c4c(N(c5ccccc5)c5ccccc5)cccc43)cc21. The van der Waals surface area contributed by atoms with Gasteiger partial charge >= 0.3 is 0 Å². The summed E-state index contributed by atoms with van der Waals surface area (Å²) in [6.45, 7) is 4.71. The van der Waals surface area contributed by atoms with E-state index in [-0.39, 0.29) is 5.41 Å². The summed E-state index contributed by atoms with van der Waals surface area (Å²) in [5.41, 5.74) is 20.6. The quantitative estimate of drug-likeness (QED) is 0.159. The number of ether oxygens (including phenoxy) is 1. The molecular formula is C64H46N2O. The van der Waals surface area contributed by atoms with Gasteiger partial charge in [0.2, 0.25) is 0 Å². The third kappa shape index (κ3) is 5.84. The number of fused-ring (bicyclic) bond motifs is 12. The van der Waals surface area contributed by atoms with Crippen molar-refractivity contribution in [3.8, 4) is 44.9 Å². The molecule has 0 N–H and O–H groups in total. The Morgan fingerprint density at radius 1 is 0.313 bits per heavy atom. The summed E-state index contributed by atoms with van der Waals surface area (Å²) in [5.74, 6) is 1.70. The van der Waals surface area contributed by atoms with Crippen LogP contribution in [0.1, 0.15) is 47.2 Å². The van der Waals surface area contributed by atoms with Gasteiger partial charge in [-0.15, -0.1) is 0 Å². The number of nitrogens with zero attached hydrogens (tertiary/aromatic N) is 2. The van der Waals surface area contributed by atoms with Crippen molar-refractivity contribution in [2.75, 3.05) is 9.80 Å². The van der Waals surface area contributed by atoms with Crippen LogP contribution in [0.15, 0.2) is 243 Å². The fourth-order valence-electron chi connectivity index (χ4n) is 11.5. The third-order valence-corrected chi connectivity index (χ3v) is 14.5. The lowest BCUT2D eigenvalue weighted by Gasteiger charge is -2.40. The highest BCUT2D eigenvalue weighted by Gasteiger charge is 2.52. The topological polar surface area (TPSA) is 15.7 Å². The molecule has 0 fully saturated rings. The first kappa shape index (κ1) is 39.0. The summed E-state index contributed by atoms with van der Waals surface area (Å²) in [7, 11) is 0. The second-order valence-electron chi connectivity index (χ2n) is 18.4. The number of benzene rings is 10. The Hall–Kier alpha value is -8.40. The van der Waals surface area contributed by atoms with Crippen LogP contribution < -0.4 is 14.5 Å². The van der Waals surface area contributed by atoms with E-state index in [2.05, 4.69) is 266 Å². The Bertz CT molecular complexity index is 3490. The van der Waals surface area contributed by atoms with Crippen molar-refractivity contribution >= 4 is 34.1 Å². The van der Waals surface area contributed by atoms with Crippen LogP contribution in [0.3, 0.4) is 0 Å². The van der Waals surface area contributed by atoms with Crippen LogP contribution in [-0.2, 0) is 10.8 Å². The molecular weight excluding hydrogens is 813 g/mol. The highest BCUT2D eigenvalue weighted by Crippen LogP contribution is 2.64. The predicted octanol–water partition coefficient (Wildman–Crippen LogP) is 17.1. The molecule has 2 aliphatic carbocycles. The highest BCUT2D eigenvalue weighted by molar-refractivity contribution is 5.98. The minimum atomic E-state index is -0.658. The maximum Gasteiger partial charge on any atom is 0.134 e. The monoisotopic (exact) mass is 858 g/mol. The summed E-state index contributed by atoms with van der Waals surface area (Å²) in [6.07, 6.45) is 0. The number of rotatable bonds is 7. The number of anilines is 6. The molecule has 318 valence electrons. The molecule has 1 unspecified atom stereocenters. The van der Waals surface area contributed by atoms with Gasteiger partial charge in [-0.3, -0.25) is 0 Å². The average molecular weight is 859 g/mol. The zero-order valence-electron chi connectivity index (χ0n) is 37.4. The van der Waals surface area contributed by atoms with Gasteiger partial charge in [0.1, 0.15) is 11.5 Å². The summed E-state index contributed by atoms with van der Waals surface area (Å²) in [6, 6.07) is 88.4. The molecule has 1 aliphatic heterocycles. The molecule has 13 rings (SSSR count). The first-order chi connectivity index (χ1) is 33.0. The summed E-state index contributed by atoms with van der Waals surface area (Å²) in [4.78, 5) is 4.80. The molecule has 0 amide bonds. The molecule has 67 heavy (non-hydrogen) atoms. The summed E-state index contributed by atoms with van der Waals surface area (Å²) >= 11 is 0. The van der Waals surface area contributed by atoms with E-state index in [4.69, 9.17) is 4.74 Å². The molecule has 1 heterocycles. The van der Waals surface area contributed by atoms with Gasteiger partial charge in [-0.2, -0.15) is 0 Å². The fraction of sp³-hybridized carbons (Fsp3) is 0.0625. The van der Waals surface area contributed by atoms with Crippen molar-refractivity contribution in [3.63, 3.8) is 0 Å². The van der Waals surface area contributed by atoms with E-state index < -0.39 is 5.41 Å². The van der Waals surface area contributed by atoms with Crippen molar-refractivity contribution in [1.82, 2.24) is 0 Å². The standard InChI is InChI=1S/C64H46N2O/c1-63(2)53-27-14-12-25-50(53)51-39-37-48(41-58(51)63)65(47-35-33-44(34-36-47)43-19-6-3-7-20-43)49-38-40-56-61(42-49)67-60-32-17-16-29-55(60)64(56)54-28-15-13-26-52(54)62-57(64)30-18-31-59(62)66(45-21-8-4-9-22-45)46-23-10-5-11-24-46/h3-42H,1-2H3. The van der Waals surface area contributed by atoms with Crippen LogP contribution in [0, 0.1) is 0 Å². The van der Waals surface area contributed by atoms with E-state index in [9.17, 15) is 0 Å². The molecule has 0 aromatic heterocycles. The molecule has 3 aliphatic rings. The van der Waals surface area contributed by atoms with Gasteiger partial charge in [0, 0.05) is 56.6 Å². The van der Waals surface area contributed by atoms with Crippen molar-refractivity contribution < 1.29 is 4.74 Å². The van der Waals surface area contributed by atoms with Crippen LogP contribution in [0.25, 0.3) is 33.4 Å². The molecule has 3 nitrogen and oxygen atoms in total. The minimum Gasteiger partial charge on any atom is -0.457 e. The Morgan fingerprint density at radius 3 is 1.55 bits per heavy atom. The molecule has 0 radical (unpaired) electrons. The highest BCUT2D eigenvalue weighted by atomic mass is 16.5. The van der Waals surface area contributed by atoms with E-state index in [0.29, 0.717) is 0 Å². The van der Waals surface area contributed by atoms with E-state index in [1.54, 1.807) is 0 Å². The number of hydrogen-bond acceptors (Lipinski definition) is 3. The Kier molecular flexibility index (Phi) is 8.78. The largest absolute Gasteiger partial charge is 0.457 e. The molecule has 1 spiro atoms. The minimum absolute atomic E-state index is 0.154. The Labute approximate surface area is 392 Å². The molecule has 10 aromatic carbocycles. The predicted molar refractivity (Wildman–Crippen MR) is 276 cm³/mol. The van der Waals surface area contributed by atoms with Crippen molar-refractivity contribution in [1.29, 1.82) is 0 Å². The smallest absolute Gasteiger partial charge is 0.134 e. The first-order valence-corrected chi connectivity index (χ1v) is 23.3. The molecule has 10 aromatic rings. The second-order valence-corrected chi connectivity index (χ2v) is 18.4. The van der Waals surface area contributed by atoms with Crippen molar-refractivity contribution in [2.45, 2.75) is 24.7 Å². The fourth-order valence-corrected chi connectivity index (χ4v) is 11.5. The lowest BCUT2D eigenvalue weighted by molar-refractivity contribution is 0.436. The third-order valence-electron chi connectivity index (χ3n) is 14.5.